The van der Waals surface area contributed by atoms with Crippen LogP contribution in [0.2, 0.25) is 0 Å². The van der Waals surface area contributed by atoms with Crippen LogP contribution >= 0.6 is 0 Å². The van der Waals surface area contributed by atoms with Gasteiger partial charge in [-0.2, -0.15) is 4.31 Å². The second-order valence-electron chi connectivity index (χ2n) is 3.98. The van der Waals surface area contributed by atoms with Crippen LogP contribution in [0, 0.1) is 0 Å². The van der Waals surface area contributed by atoms with E-state index in [0.717, 1.165) is 5.56 Å². The van der Waals surface area contributed by atoms with E-state index in [-0.39, 0.29) is 18.0 Å². The van der Waals surface area contributed by atoms with Gasteiger partial charge >= 0.3 is 0 Å². The molecule has 0 unspecified atom stereocenters. The van der Waals surface area contributed by atoms with E-state index in [4.69, 9.17) is 10.8 Å². The highest BCUT2D eigenvalue weighted by molar-refractivity contribution is 7.89. The first kappa shape index (κ1) is 15.1. The topological polar surface area (TPSA) is 83.6 Å². The van der Waals surface area contributed by atoms with Crippen molar-refractivity contribution in [3.8, 4) is 0 Å². The Morgan fingerprint density at radius 2 is 1.83 bits per heavy atom. The molecule has 0 radical (unpaired) electrons. The first-order chi connectivity index (χ1) is 8.56. The summed E-state index contributed by atoms with van der Waals surface area (Å²) in [6.07, 6.45) is 0.708. The molecule has 0 spiro atoms. The zero-order valence-corrected chi connectivity index (χ0v) is 11.4. The van der Waals surface area contributed by atoms with E-state index in [9.17, 15) is 8.42 Å². The highest BCUT2D eigenvalue weighted by Crippen LogP contribution is 2.16. The summed E-state index contributed by atoms with van der Waals surface area (Å²) in [6.45, 7) is 2.63. The van der Waals surface area contributed by atoms with Gasteiger partial charge in [-0.15, -0.1) is 0 Å². The minimum atomic E-state index is -3.52. The predicted molar refractivity (Wildman–Crippen MR) is 70.5 cm³/mol. The van der Waals surface area contributed by atoms with Crippen LogP contribution < -0.4 is 5.73 Å². The number of hydrogen-bond acceptors (Lipinski definition) is 4. The van der Waals surface area contributed by atoms with Crippen molar-refractivity contribution >= 4 is 10.0 Å². The molecular weight excluding hydrogens is 252 g/mol. The molecule has 1 aromatic carbocycles. The Kier molecular flexibility index (Phi) is 5.74. The van der Waals surface area contributed by atoms with E-state index in [1.54, 1.807) is 24.3 Å². The number of benzene rings is 1. The Bertz CT molecular complexity index is 451. The number of aliphatic hydroxyl groups is 1. The van der Waals surface area contributed by atoms with Gasteiger partial charge < -0.3 is 10.8 Å². The summed E-state index contributed by atoms with van der Waals surface area (Å²) in [6, 6.07) is 6.51. The minimum Gasteiger partial charge on any atom is -0.395 e. The Morgan fingerprint density at radius 3 is 2.28 bits per heavy atom. The van der Waals surface area contributed by atoms with E-state index < -0.39 is 10.0 Å². The average Bonchev–Trinajstić information content (AvgIpc) is 2.38. The zero-order chi connectivity index (χ0) is 13.6. The van der Waals surface area contributed by atoms with E-state index >= 15 is 0 Å². The summed E-state index contributed by atoms with van der Waals surface area (Å²) in [5.74, 6) is 0. The quantitative estimate of drug-likeness (QED) is 0.759. The third-order valence-corrected chi connectivity index (χ3v) is 4.53. The smallest absolute Gasteiger partial charge is 0.243 e. The van der Waals surface area contributed by atoms with E-state index in [1.165, 1.54) is 4.31 Å². The van der Waals surface area contributed by atoms with Crippen molar-refractivity contribution < 1.29 is 13.5 Å². The van der Waals surface area contributed by atoms with E-state index in [1.807, 2.05) is 6.92 Å². The highest BCUT2D eigenvalue weighted by atomic mass is 32.2. The largest absolute Gasteiger partial charge is 0.395 e. The van der Waals surface area contributed by atoms with Crippen molar-refractivity contribution in [3.63, 3.8) is 0 Å². The predicted octanol–water partition coefficient (Wildman–Crippen LogP) is 0.538. The van der Waals surface area contributed by atoms with Crippen molar-refractivity contribution in [1.29, 1.82) is 0 Å². The fraction of sp³-hybridized carbons (Fsp3) is 0.500. The van der Waals surface area contributed by atoms with Gasteiger partial charge in [0.05, 0.1) is 11.5 Å². The molecule has 6 heteroatoms. The van der Waals surface area contributed by atoms with E-state index in [0.29, 0.717) is 19.5 Å². The van der Waals surface area contributed by atoms with Crippen LogP contribution in [-0.2, 0) is 16.6 Å². The highest BCUT2D eigenvalue weighted by Gasteiger charge is 2.22. The zero-order valence-electron chi connectivity index (χ0n) is 10.5. The van der Waals surface area contributed by atoms with Crippen LogP contribution in [0.3, 0.4) is 0 Å². The van der Waals surface area contributed by atoms with Crippen LogP contribution in [0.1, 0.15) is 18.9 Å². The lowest BCUT2D eigenvalue weighted by molar-refractivity contribution is 0.253. The fourth-order valence-corrected chi connectivity index (χ4v) is 3.18. The van der Waals surface area contributed by atoms with Crippen LogP contribution in [0.25, 0.3) is 0 Å². The Hall–Kier alpha value is -0.950. The molecule has 0 aliphatic rings. The van der Waals surface area contributed by atoms with Crippen molar-refractivity contribution in [2.24, 2.45) is 5.73 Å². The molecule has 0 saturated carbocycles. The number of hydrogen-bond donors (Lipinski definition) is 2. The molecule has 1 rings (SSSR count). The van der Waals surface area contributed by atoms with E-state index in [2.05, 4.69) is 0 Å². The number of nitrogens with zero attached hydrogens (tertiary/aromatic N) is 1. The standard InChI is InChI=1S/C12H20N2O3S/c1-2-7-14(8-9-15)18(16,17)12-5-3-11(10-13)4-6-12/h3-6,15H,2,7-10,13H2,1H3. The van der Waals surface area contributed by atoms with Gasteiger partial charge in [-0.25, -0.2) is 8.42 Å². The lowest BCUT2D eigenvalue weighted by atomic mass is 10.2. The number of aliphatic hydroxyl groups excluding tert-OH is 1. The van der Waals surface area contributed by atoms with Crippen molar-refractivity contribution in [1.82, 2.24) is 4.31 Å². The van der Waals surface area contributed by atoms with Gasteiger partial charge in [-0.3, -0.25) is 0 Å². The maximum Gasteiger partial charge on any atom is 0.243 e. The molecule has 0 saturated heterocycles. The Balaban J connectivity index is 3.01. The first-order valence-corrected chi connectivity index (χ1v) is 7.40. The maximum absolute atomic E-state index is 12.3. The van der Waals surface area contributed by atoms with Gasteiger partial charge in [0.15, 0.2) is 0 Å². The lowest BCUT2D eigenvalue weighted by Crippen LogP contribution is -2.34. The molecule has 0 heterocycles. The average molecular weight is 272 g/mol. The lowest BCUT2D eigenvalue weighted by Gasteiger charge is -2.20. The summed E-state index contributed by atoms with van der Waals surface area (Å²) in [5, 5.41) is 8.93. The summed E-state index contributed by atoms with van der Waals surface area (Å²) in [7, 11) is -3.52. The first-order valence-electron chi connectivity index (χ1n) is 5.96. The van der Waals surface area contributed by atoms with Crippen LogP contribution in [0.5, 0.6) is 0 Å². The summed E-state index contributed by atoms with van der Waals surface area (Å²) < 4.78 is 25.9. The molecule has 3 N–H and O–H groups in total. The molecule has 0 fully saturated rings. The van der Waals surface area contributed by atoms with Crippen LogP contribution in [0.15, 0.2) is 29.2 Å². The summed E-state index contributed by atoms with van der Waals surface area (Å²) in [5.41, 5.74) is 6.36. The molecule has 18 heavy (non-hydrogen) atoms. The number of nitrogens with two attached hydrogens (primary N) is 1. The van der Waals surface area contributed by atoms with Gasteiger partial charge in [-0.05, 0) is 24.1 Å². The molecule has 0 amide bonds. The molecule has 0 aliphatic carbocycles. The van der Waals surface area contributed by atoms with Gasteiger partial charge in [0.2, 0.25) is 10.0 Å². The fourth-order valence-electron chi connectivity index (χ4n) is 1.66. The van der Waals surface area contributed by atoms with Gasteiger partial charge in [0, 0.05) is 19.6 Å². The molecular formula is C12H20N2O3S. The molecule has 1 aromatic rings. The van der Waals surface area contributed by atoms with Crippen molar-refractivity contribution in [2.75, 3.05) is 19.7 Å². The van der Waals surface area contributed by atoms with Crippen molar-refractivity contribution in [3.05, 3.63) is 29.8 Å². The monoisotopic (exact) mass is 272 g/mol. The van der Waals surface area contributed by atoms with Crippen LogP contribution in [0.4, 0.5) is 0 Å². The molecule has 0 aliphatic heterocycles. The van der Waals surface area contributed by atoms with Gasteiger partial charge in [-0.1, -0.05) is 19.1 Å². The van der Waals surface area contributed by atoms with Gasteiger partial charge in [0.25, 0.3) is 0 Å². The number of sulfonamides is 1. The second-order valence-corrected chi connectivity index (χ2v) is 5.91. The molecule has 5 nitrogen and oxygen atoms in total. The van der Waals surface area contributed by atoms with Crippen LogP contribution in [-0.4, -0.2) is 37.5 Å². The Labute approximate surface area is 108 Å². The summed E-state index contributed by atoms with van der Waals surface area (Å²) >= 11 is 0. The molecule has 0 aromatic heterocycles. The third kappa shape index (κ3) is 3.52. The van der Waals surface area contributed by atoms with Gasteiger partial charge in [0.1, 0.15) is 0 Å². The maximum atomic E-state index is 12.3. The summed E-state index contributed by atoms with van der Waals surface area (Å²) in [4.78, 5) is 0.238. The number of rotatable bonds is 7. The molecule has 0 atom stereocenters. The molecule has 102 valence electrons. The second kappa shape index (κ2) is 6.84. The normalized spacial score (nSPS) is 12.0. The Morgan fingerprint density at radius 1 is 1.22 bits per heavy atom. The third-order valence-electron chi connectivity index (χ3n) is 2.62. The minimum absolute atomic E-state index is 0.120. The van der Waals surface area contributed by atoms with Crippen molar-refractivity contribution in [2.45, 2.75) is 24.8 Å². The SMILES string of the molecule is CCCN(CCO)S(=O)(=O)c1ccc(CN)cc1. The molecule has 0 bridgehead atoms.